The number of piperazine rings is 1. The highest BCUT2D eigenvalue weighted by Gasteiger charge is 2.47. The van der Waals surface area contributed by atoms with Gasteiger partial charge in [0.1, 0.15) is 18.8 Å². The van der Waals surface area contributed by atoms with Crippen LogP contribution in [0.4, 0.5) is 0 Å². The molecule has 0 aliphatic carbocycles. The molecule has 5 rings (SSSR count). The zero-order valence-corrected chi connectivity index (χ0v) is 19.0. The summed E-state index contributed by atoms with van der Waals surface area (Å²) in [4.78, 5) is 40.9. The number of fused-ring (bicyclic) bond motifs is 1. The molecule has 9 nitrogen and oxygen atoms in total. The van der Waals surface area contributed by atoms with Crippen molar-refractivity contribution >= 4 is 17.8 Å². The number of hydrogen-bond donors (Lipinski definition) is 2. The number of carbonyl (C=O) groups is 3. The molecule has 0 bridgehead atoms. The molecule has 1 aromatic carbocycles. The number of piperidine rings is 1. The number of amides is 1. The number of β-amino-alcohol motifs (C(OH)–C–C–N with tert-alkyl or cyclic N) is 1. The summed E-state index contributed by atoms with van der Waals surface area (Å²) < 4.78 is 10.2. The lowest BCUT2D eigenvalue weighted by atomic mass is 9.83. The van der Waals surface area contributed by atoms with Crippen LogP contribution in [0.15, 0.2) is 23.4 Å². The predicted molar refractivity (Wildman–Crippen MR) is 117 cm³/mol. The Hall–Kier alpha value is -2.75. The summed E-state index contributed by atoms with van der Waals surface area (Å²) in [5.41, 5.74) is 3.67. The lowest BCUT2D eigenvalue weighted by molar-refractivity contribution is -0.142. The summed E-state index contributed by atoms with van der Waals surface area (Å²) in [5, 5.41) is 14.4. The lowest BCUT2D eigenvalue weighted by Gasteiger charge is -2.47. The molecular formula is C24H29N3O6. The van der Waals surface area contributed by atoms with Crippen LogP contribution in [0.5, 0.6) is 0 Å². The number of aliphatic hydroxyl groups is 1. The Balaban J connectivity index is 1.24. The summed E-state index contributed by atoms with van der Waals surface area (Å²) in [6.45, 7) is 7.01. The van der Waals surface area contributed by atoms with Gasteiger partial charge in [-0.3, -0.25) is 4.79 Å². The molecule has 33 heavy (non-hydrogen) atoms. The Morgan fingerprint density at radius 3 is 2.48 bits per heavy atom. The summed E-state index contributed by atoms with van der Waals surface area (Å²) in [6.07, 6.45) is 0.560. The van der Waals surface area contributed by atoms with Crippen LogP contribution in [0, 0.1) is 6.92 Å². The standard InChI is InChI=1S/C24H29N3O6/c1-14-16(3-4-17-18(14)12-32-22(17)30)20(28)11-26-8-5-24(6-9-26)23(31)27(10-7-25-24)19-13-33-21(29)15(19)2/h3-4,20,25,28H,5-13H2,1-2H3. The first-order valence-corrected chi connectivity index (χ1v) is 11.4. The van der Waals surface area contributed by atoms with Crippen LogP contribution in [0.25, 0.3) is 0 Å². The molecule has 0 saturated carbocycles. The van der Waals surface area contributed by atoms with Gasteiger partial charge in [-0.15, -0.1) is 0 Å². The average molecular weight is 456 g/mol. The Bertz CT molecular complexity index is 1060. The van der Waals surface area contributed by atoms with E-state index in [1.54, 1.807) is 17.9 Å². The van der Waals surface area contributed by atoms with E-state index in [0.717, 1.165) is 16.7 Å². The summed E-state index contributed by atoms with van der Waals surface area (Å²) in [6, 6.07) is 3.54. The molecule has 4 aliphatic rings. The van der Waals surface area contributed by atoms with Crippen LogP contribution in [0.2, 0.25) is 0 Å². The maximum atomic E-state index is 13.4. The molecule has 2 saturated heterocycles. The van der Waals surface area contributed by atoms with Gasteiger partial charge in [0, 0.05) is 38.3 Å². The number of carbonyl (C=O) groups excluding carboxylic acids is 3. The Morgan fingerprint density at radius 1 is 1.06 bits per heavy atom. The Labute approximate surface area is 192 Å². The fourth-order valence-corrected chi connectivity index (χ4v) is 5.43. The number of cyclic esters (lactones) is 2. The highest BCUT2D eigenvalue weighted by molar-refractivity contribution is 5.95. The molecule has 1 spiro atoms. The topological polar surface area (TPSA) is 108 Å². The molecule has 176 valence electrons. The minimum absolute atomic E-state index is 0.000678. The molecule has 9 heteroatoms. The average Bonchev–Trinajstić information content (AvgIpc) is 3.35. The van der Waals surface area contributed by atoms with Gasteiger partial charge in [0.2, 0.25) is 5.91 Å². The Kier molecular flexibility index (Phi) is 5.50. The van der Waals surface area contributed by atoms with Crippen LogP contribution in [0.1, 0.15) is 52.9 Å². The normalized spacial score (nSPS) is 23.7. The molecule has 4 heterocycles. The van der Waals surface area contributed by atoms with Crippen molar-refractivity contribution < 1.29 is 29.0 Å². The van der Waals surface area contributed by atoms with Crippen LogP contribution in [-0.2, 0) is 25.7 Å². The second kappa shape index (κ2) is 8.23. The van der Waals surface area contributed by atoms with Gasteiger partial charge in [0.15, 0.2) is 0 Å². The van der Waals surface area contributed by atoms with Crippen molar-refractivity contribution in [2.75, 3.05) is 39.3 Å². The second-order valence-corrected chi connectivity index (χ2v) is 9.31. The lowest BCUT2D eigenvalue weighted by Crippen LogP contribution is -2.67. The molecular weight excluding hydrogens is 426 g/mol. The molecule has 0 radical (unpaired) electrons. The minimum Gasteiger partial charge on any atom is -0.457 e. The van der Waals surface area contributed by atoms with Crippen LogP contribution < -0.4 is 5.32 Å². The predicted octanol–water partition coefficient (Wildman–Crippen LogP) is 0.796. The number of likely N-dealkylation sites (tertiary alicyclic amines) is 1. The zero-order valence-electron chi connectivity index (χ0n) is 19.0. The van der Waals surface area contributed by atoms with Gasteiger partial charge in [-0.05, 0) is 43.9 Å². The molecule has 1 atom stereocenters. The monoisotopic (exact) mass is 455 g/mol. The summed E-state index contributed by atoms with van der Waals surface area (Å²) >= 11 is 0. The number of benzene rings is 1. The van der Waals surface area contributed by atoms with E-state index in [-0.39, 0.29) is 31.1 Å². The zero-order chi connectivity index (χ0) is 23.3. The van der Waals surface area contributed by atoms with Crippen molar-refractivity contribution in [1.29, 1.82) is 0 Å². The van der Waals surface area contributed by atoms with Crippen LogP contribution >= 0.6 is 0 Å². The van der Waals surface area contributed by atoms with Gasteiger partial charge in [0.25, 0.3) is 0 Å². The third-order valence-electron chi connectivity index (χ3n) is 7.57. The van der Waals surface area contributed by atoms with Gasteiger partial charge in [-0.2, -0.15) is 0 Å². The largest absolute Gasteiger partial charge is 0.457 e. The van der Waals surface area contributed by atoms with E-state index >= 15 is 0 Å². The molecule has 1 unspecified atom stereocenters. The first-order chi connectivity index (χ1) is 15.8. The van der Waals surface area contributed by atoms with E-state index in [0.29, 0.717) is 62.4 Å². The molecule has 1 amide bonds. The Morgan fingerprint density at radius 2 is 1.79 bits per heavy atom. The van der Waals surface area contributed by atoms with Gasteiger partial charge in [-0.1, -0.05) is 6.07 Å². The quantitative estimate of drug-likeness (QED) is 0.642. The SMILES string of the molecule is CC1=C(N2CCNC3(CCN(CC(O)c4ccc5c(c4C)COC5=O)CC3)C2=O)COC1=O. The van der Waals surface area contributed by atoms with E-state index in [1.807, 2.05) is 13.0 Å². The van der Waals surface area contributed by atoms with E-state index < -0.39 is 11.6 Å². The van der Waals surface area contributed by atoms with Gasteiger partial charge >= 0.3 is 11.9 Å². The first kappa shape index (κ1) is 22.1. The number of esters is 2. The summed E-state index contributed by atoms with van der Waals surface area (Å²) in [7, 11) is 0. The van der Waals surface area contributed by atoms with Crippen molar-refractivity contribution in [1.82, 2.24) is 15.1 Å². The number of rotatable bonds is 4. The molecule has 0 aromatic heterocycles. The molecule has 2 N–H and O–H groups in total. The highest BCUT2D eigenvalue weighted by Crippen LogP contribution is 2.33. The number of hydrogen-bond acceptors (Lipinski definition) is 8. The van der Waals surface area contributed by atoms with E-state index in [9.17, 15) is 19.5 Å². The number of ether oxygens (including phenoxy) is 2. The molecule has 2 fully saturated rings. The maximum absolute atomic E-state index is 13.4. The molecule has 4 aliphatic heterocycles. The van der Waals surface area contributed by atoms with Gasteiger partial charge in [-0.25, -0.2) is 9.59 Å². The van der Waals surface area contributed by atoms with Crippen LogP contribution in [0.3, 0.4) is 0 Å². The summed E-state index contributed by atoms with van der Waals surface area (Å²) in [5.74, 6) is -0.665. The molecule has 1 aromatic rings. The van der Waals surface area contributed by atoms with Gasteiger partial charge < -0.3 is 29.7 Å². The third-order valence-corrected chi connectivity index (χ3v) is 7.57. The van der Waals surface area contributed by atoms with E-state index in [2.05, 4.69) is 10.2 Å². The number of nitrogens with one attached hydrogen (secondary N) is 1. The minimum atomic E-state index is -0.693. The second-order valence-electron chi connectivity index (χ2n) is 9.31. The van der Waals surface area contributed by atoms with Crippen molar-refractivity contribution in [3.05, 3.63) is 45.7 Å². The van der Waals surface area contributed by atoms with Crippen molar-refractivity contribution in [3.8, 4) is 0 Å². The van der Waals surface area contributed by atoms with Crippen LogP contribution in [-0.4, -0.2) is 77.6 Å². The fraction of sp³-hybridized carbons (Fsp3) is 0.542. The first-order valence-electron chi connectivity index (χ1n) is 11.4. The highest BCUT2D eigenvalue weighted by atomic mass is 16.5. The van der Waals surface area contributed by atoms with E-state index in [4.69, 9.17) is 9.47 Å². The fourth-order valence-electron chi connectivity index (χ4n) is 5.43. The maximum Gasteiger partial charge on any atom is 0.338 e. The smallest absolute Gasteiger partial charge is 0.338 e. The van der Waals surface area contributed by atoms with Gasteiger partial charge in [0.05, 0.1) is 22.9 Å². The number of aliphatic hydroxyl groups excluding tert-OH is 1. The van der Waals surface area contributed by atoms with Crippen molar-refractivity contribution in [2.45, 2.75) is 44.9 Å². The van der Waals surface area contributed by atoms with E-state index in [1.165, 1.54) is 0 Å². The van der Waals surface area contributed by atoms with Crippen molar-refractivity contribution in [2.24, 2.45) is 0 Å². The third kappa shape index (κ3) is 3.64. The van der Waals surface area contributed by atoms with Crippen molar-refractivity contribution in [3.63, 3.8) is 0 Å². The number of nitrogens with zero attached hydrogens (tertiary/aromatic N) is 2.